The number of pyridine rings is 1. The Morgan fingerprint density at radius 2 is 2.38 bits per heavy atom. The van der Waals surface area contributed by atoms with Gasteiger partial charge in [0.2, 0.25) is 0 Å². The molecule has 2 rings (SSSR count). The molecule has 3 heteroatoms. The minimum Gasteiger partial charge on any atom is -0.391 e. The van der Waals surface area contributed by atoms with Crippen molar-refractivity contribution in [1.82, 2.24) is 10.3 Å². The second-order valence-corrected chi connectivity index (χ2v) is 3.49. The van der Waals surface area contributed by atoms with Crippen LogP contribution in [0.2, 0.25) is 0 Å². The zero-order valence-corrected chi connectivity index (χ0v) is 7.70. The summed E-state index contributed by atoms with van der Waals surface area (Å²) >= 11 is 0. The number of aliphatic hydroxyl groups is 1. The van der Waals surface area contributed by atoms with Crippen LogP contribution in [0.25, 0.3) is 0 Å². The number of nitrogens with zero attached hydrogens (tertiary/aromatic N) is 1. The summed E-state index contributed by atoms with van der Waals surface area (Å²) in [5, 5.41) is 12.9. The molecular weight excluding hydrogens is 164 g/mol. The average molecular weight is 178 g/mol. The second kappa shape index (κ2) is 3.44. The van der Waals surface area contributed by atoms with Gasteiger partial charge < -0.3 is 10.4 Å². The van der Waals surface area contributed by atoms with E-state index in [1.54, 1.807) is 0 Å². The van der Waals surface area contributed by atoms with Crippen molar-refractivity contribution in [3.05, 3.63) is 29.6 Å². The van der Waals surface area contributed by atoms with Crippen molar-refractivity contribution in [2.75, 3.05) is 6.54 Å². The maximum absolute atomic E-state index is 9.63. The van der Waals surface area contributed by atoms with Crippen LogP contribution in [-0.4, -0.2) is 22.7 Å². The lowest BCUT2D eigenvalue weighted by Gasteiger charge is -2.14. The maximum atomic E-state index is 9.63. The van der Waals surface area contributed by atoms with Gasteiger partial charge in [0, 0.05) is 5.69 Å². The fraction of sp³-hybridized carbons (Fsp3) is 0.500. The summed E-state index contributed by atoms with van der Waals surface area (Å²) in [7, 11) is 0. The molecule has 2 N–H and O–H groups in total. The predicted molar refractivity (Wildman–Crippen MR) is 50.3 cm³/mol. The first-order valence-corrected chi connectivity index (χ1v) is 4.62. The molecule has 70 valence electrons. The summed E-state index contributed by atoms with van der Waals surface area (Å²) in [4.78, 5) is 4.38. The smallest absolute Gasteiger partial charge is 0.0762 e. The van der Waals surface area contributed by atoms with Gasteiger partial charge in [0.15, 0.2) is 0 Å². The number of hydrogen-bond donors (Lipinski definition) is 2. The predicted octanol–water partition coefficient (Wildman–Crippen LogP) is 0.785. The van der Waals surface area contributed by atoms with Gasteiger partial charge in [-0.25, -0.2) is 0 Å². The molecule has 0 spiro atoms. The summed E-state index contributed by atoms with van der Waals surface area (Å²) in [6, 6.07) is 5.92. The molecule has 1 fully saturated rings. The molecular formula is C10H14N2O. The van der Waals surface area contributed by atoms with E-state index >= 15 is 0 Å². The van der Waals surface area contributed by atoms with Crippen LogP contribution in [0.4, 0.5) is 0 Å². The number of nitrogens with one attached hydrogen (secondary N) is 1. The zero-order valence-electron chi connectivity index (χ0n) is 7.70. The van der Waals surface area contributed by atoms with Crippen LogP contribution in [0.15, 0.2) is 18.2 Å². The summed E-state index contributed by atoms with van der Waals surface area (Å²) in [5.74, 6) is 0. The highest BCUT2D eigenvalue weighted by Gasteiger charge is 2.26. The summed E-state index contributed by atoms with van der Waals surface area (Å²) in [6.45, 7) is 2.84. The van der Waals surface area contributed by atoms with E-state index in [0.29, 0.717) is 0 Å². The molecule has 3 nitrogen and oxygen atoms in total. The van der Waals surface area contributed by atoms with E-state index in [2.05, 4.69) is 10.3 Å². The molecule has 2 atom stereocenters. The van der Waals surface area contributed by atoms with E-state index < -0.39 is 0 Å². The minimum absolute atomic E-state index is 0.0277. The fourth-order valence-electron chi connectivity index (χ4n) is 1.73. The minimum atomic E-state index is -0.283. The molecule has 1 aliphatic heterocycles. The Bertz CT molecular complexity index is 301. The van der Waals surface area contributed by atoms with Gasteiger partial charge >= 0.3 is 0 Å². The van der Waals surface area contributed by atoms with Gasteiger partial charge in [-0.05, 0) is 32.0 Å². The van der Waals surface area contributed by atoms with Crippen LogP contribution in [-0.2, 0) is 0 Å². The van der Waals surface area contributed by atoms with Crippen molar-refractivity contribution in [1.29, 1.82) is 0 Å². The second-order valence-electron chi connectivity index (χ2n) is 3.49. The van der Waals surface area contributed by atoms with Gasteiger partial charge in [-0.1, -0.05) is 6.07 Å². The van der Waals surface area contributed by atoms with Crippen molar-refractivity contribution in [3.8, 4) is 0 Å². The van der Waals surface area contributed by atoms with Gasteiger partial charge in [-0.3, -0.25) is 4.98 Å². The third-order valence-corrected chi connectivity index (χ3v) is 2.42. The highest BCUT2D eigenvalue weighted by atomic mass is 16.3. The van der Waals surface area contributed by atoms with E-state index in [4.69, 9.17) is 0 Å². The van der Waals surface area contributed by atoms with Crippen molar-refractivity contribution < 1.29 is 5.11 Å². The Labute approximate surface area is 77.8 Å². The average Bonchev–Trinajstić information content (AvgIpc) is 2.51. The quantitative estimate of drug-likeness (QED) is 0.668. The van der Waals surface area contributed by atoms with Crippen LogP contribution >= 0.6 is 0 Å². The van der Waals surface area contributed by atoms with Gasteiger partial charge in [0.05, 0.1) is 17.8 Å². The van der Waals surface area contributed by atoms with E-state index in [0.717, 1.165) is 24.4 Å². The number of hydrogen-bond acceptors (Lipinski definition) is 3. The largest absolute Gasteiger partial charge is 0.391 e. The van der Waals surface area contributed by atoms with E-state index in [-0.39, 0.29) is 12.1 Å². The van der Waals surface area contributed by atoms with Crippen LogP contribution in [0.1, 0.15) is 23.9 Å². The fourth-order valence-corrected chi connectivity index (χ4v) is 1.73. The number of aryl methyl sites for hydroxylation is 1. The molecule has 0 radical (unpaired) electrons. The van der Waals surface area contributed by atoms with Crippen LogP contribution in [0.3, 0.4) is 0 Å². The molecule has 13 heavy (non-hydrogen) atoms. The van der Waals surface area contributed by atoms with Crippen molar-refractivity contribution >= 4 is 0 Å². The monoisotopic (exact) mass is 178 g/mol. The third-order valence-electron chi connectivity index (χ3n) is 2.42. The topological polar surface area (TPSA) is 45.1 Å². The first kappa shape index (κ1) is 8.66. The highest BCUT2D eigenvalue weighted by molar-refractivity contribution is 5.15. The standard InChI is InChI=1S/C10H14N2O/c1-7-3-2-4-8(12-7)10-9(13)5-6-11-10/h2-4,9-11,13H,5-6H2,1H3. The SMILES string of the molecule is Cc1cccc(C2NCCC2O)n1. The van der Waals surface area contributed by atoms with Gasteiger partial charge in [0.1, 0.15) is 0 Å². The van der Waals surface area contributed by atoms with Gasteiger partial charge in [-0.15, -0.1) is 0 Å². The Morgan fingerprint density at radius 3 is 3.00 bits per heavy atom. The summed E-state index contributed by atoms with van der Waals surface area (Å²) in [6.07, 6.45) is 0.537. The lowest BCUT2D eigenvalue weighted by atomic mass is 10.1. The number of rotatable bonds is 1. The number of aliphatic hydroxyl groups excluding tert-OH is 1. The molecule has 0 bridgehead atoms. The molecule has 2 heterocycles. The molecule has 1 aliphatic rings. The van der Waals surface area contributed by atoms with Crippen molar-refractivity contribution in [2.45, 2.75) is 25.5 Å². The lowest BCUT2D eigenvalue weighted by molar-refractivity contribution is 0.158. The van der Waals surface area contributed by atoms with Crippen LogP contribution in [0.5, 0.6) is 0 Å². The Kier molecular flexibility index (Phi) is 2.29. The normalized spacial score (nSPS) is 27.8. The first-order valence-electron chi connectivity index (χ1n) is 4.62. The van der Waals surface area contributed by atoms with E-state index in [1.165, 1.54) is 0 Å². The maximum Gasteiger partial charge on any atom is 0.0762 e. The van der Waals surface area contributed by atoms with Crippen molar-refractivity contribution in [3.63, 3.8) is 0 Å². The molecule has 1 saturated heterocycles. The molecule has 0 amide bonds. The lowest BCUT2D eigenvalue weighted by Crippen LogP contribution is -2.22. The Morgan fingerprint density at radius 1 is 1.54 bits per heavy atom. The molecule has 0 aliphatic carbocycles. The van der Waals surface area contributed by atoms with Gasteiger partial charge in [0.25, 0.3) is 0 Å². The molecule has 0 saturated carbocycles. The van der Waals surface area contributed by atoms with E-state index in [1.807, 2.05) is 25.1 Å². The Hall–Kier alpha value is -0.930. The molecule has 2 unspecified atom stereocenters. The molecule has 0 aromatic carbocycles. The van der Waals surface area contributed by atoms with Crippen molar-refractivity contribution in [2.24, 2.45) is 0 Å². The molecule has 1 aromatic heterocycles. The zero-order chi connectivity index (χ0) is 9.26. The summed E-state index contributed by atoms with van der Waals surface area (Å²) < 4.78 is 0. The first-order chi connectivity index (χ1) is 6.27. The summed E-state index contributed by atoms with van der Waals surface area (Å²) in [5.41, 5.74) is 1.95. The highest BCUT2D eigenvalue weighted by Crippen LogP contribution is 2.21. The van der Waals surface area contributed by atoms with Gasteiger partial charge in [-0.2, -0.15) is 0 Å². The number of aromatic nitrogens is 1. The Balaban J connectivity index is 2.24. The van der Waals surface area contributed by atoms with E-state index in [9.17, 15) is 5.11 Å². The van der Waals surface area contributed by atoms with Crippen LogP contribution in [0, 0.1) is 6.92 Å². The van der Waals surface area contributed by atoms with Crippen LogP contribution < -0.4 is 5.32 Å². The molecule has 1 aromatic rings. The third kappa shape index (κ3) is 1.71.